The summed E-state index contributed by atoms with van der Waals surface area (Å²) in [5.41, 5.74) is 8.23. The van der Waals surface area contributed by atoms with Crippen LogP contribution in [0, 0.1) is 0 Å². The van der Waals surface area contributed by atoms with Crippen LogP contribution < -0.4 is 16.4 Å². The number of aromatic amines is 1. The number of hydrogen-bond acceptors (Lipinski definition) is 4. The third-order valence-electron chi connectivity index (χ3n) is 3.32. The van der Waals surface area contributed by atoms with Crippen molar-refractivity contribution in [3.05, 3.63) is 18.2 Å². The van der Waals surface area contributed by atoms with Gasteiger partial charge in [0.2, 0.25) is 11.9 Å². The number of hydrogen-bond donors (Lipinski definition) is 4. The van der Waals surface area contributed by atoms with Crippen molar-refractivity contribution in [1.82, 2.24) is 15.3 Å². The first-order valence-corrected chi connectivity index (χ1v) is 6.99. The molecule has 5 N–H and O–H groups in total. The lowest BCUT2D eigenvalue weighted by Gasteiger charge is -2.04. The molecule has 0 atom stereocenters. The van der Waals surface area contributed by atoms with E-state index in [-0.39, 0.29) is 5.91 Å². The molecule has 3 rings (SSSR count). The Hall–Kier alpha value is -2.24. The number of H-pyrrole nitrogens is 1. The van der Waals surface area contributed by atoms with Gasteiger partial charge in [-0.2, -0.15) is 0 Å². The van der Waals surface area contributed by atoms with Crippen molar-refractivity contribution in [3.8, 4) is 0 Å². The van der Waals surface area contributed by atoms with Gasteiger partial charge in [0.15, 0.2) is 0 Å². The van der Waals surface area contributed by atoms with Gasteiger partial charge in [0.05, 0.1) is 11.0 Å². The molecule has 1 aliphatic rings. The van der Waals surface area contributed by atoms with Gasteiger partial charge >= 0.3 is 0 Å². The third kappa shape index (κ3) is 3.20. The van der Waals surface area contributed by atoms with E-state index in [0.29, 0.717) is 30.6 Å². The molecule has 0 bridgehead atoms. The minimum absolute atomic E-state index is 0.145. The number of benzene rings is 1. The highest BCUT2D eigenvalue weighted by Gasteiger charge is 2.22. The van der Waals surface area contributed by atoms with E-state index in [2.05, 4.69) is 20.6 Å². The van der Waals surface area contributed by atoms with Crippen molar-refractivity contribution < 1.29 is 4.79 Å². The van der Waals surface area contributed by atoms with Gasteiger partial charge in [-0.3, -0.25) is 4.79 Å². The Morgan fingerprint density at radius 1 is 1.45 bits per heavy atom. The number of imidazole rings is 1. The molecule has 6 heteroatoms. The number of rotatable bonds is 6. The van der Waals surface area contributed by atoms with Gasteiger partial charge in [0.1, 0.15) is 0 Å². The summed E-state index contributed by atoms with van der Waals surface area (Å²) in [6, 6.07) is 6.01. The monoisotopic (exact) mass is 273 g/mol. The Kier molecular flexibility index (Phi) is 3.45. The molecular formula is C14H19N5O. The molecule has 1 amide bonds. The maximum Gasteiger partial charge on any atom is 0.220 e. The summed E-state index contributed by atoms with van der Waals surface area (Å²) in [7, 11) is 0. The molecule has 0 aliphatic heterocycles. The number of carbonyl (C=O) groups is 1. The first-order valence-electron chi connectivity index (χ1n) is 6.99. The van der Waals surface area contributed by atoms with E-state index in [1.54, 1.807) is 0 Å². The quantitative estimate of drug-likeness (QED) is 0.475. The van der Waals surface area contributed by atoms with Gasteiger partial charge in [-0.05, 0) is 37.5 Å². The summed E-state index contributed by atoms with van der Waals surface area (Å²) in [4.78, 5) is 19.1. The number of anilines is 2. The van der Waals surface area contributed by atoms with Crippen LogP contribution in [0.3, 0.4) is 0 Å². The molecule has 6 nitrogen and oxygen atoms in total. The highest BCUT2D eigenvalue weighted by atomic mass is 16.1. The van der Waals surface area contributed by atoms with Crippen LogP contribution in [0.5, 0.6) is 0 Å². The molecule has 0 radical (unpaired) electrons. The summed E-state index contributed by atoms with van der Waals surface area (Å²) < 4.78 is 0. The van der Waals surface area contributed by atoms with Crippen LogP contribution in [0.2, 0.25) is 0 Å². The second kappa shape index (κ2) is 5.40. The Bertz CT molecular complexity index is 617. The molecule has 2 aromatic rings. The fourth-order valence-electron chi connectivity index (χ4n) is 2.09. The van der Waals surface area contributed by atoms with Crippen LogP contribution in [0.1, 0.15) is 25.7 Å². The number of nitrogens with zero attached hydrogens (tertiary/aromatic N) is 1. The van der Waals surface area contributed by atoms with E-state index in [0.717, 1.165) is 30.3 Å². The maximum absolute atomic E-state index is 11.5. The lowest BCUT2D eigenvalue weighted by molar-refractivity contribution is -0.121. The van der Waals surface area contributed by atoms with Crippen LogP contribution in [0.15, 0.2) is 18.2 Å². The molecule has 0 saturated heterocycles. The number of nitrogen functional groups attached to an aromatic ring is 1. The van der Waals surface area contributed by atoms with Gasteiger partial charge in [-0.15, -0.1) is 0 Å². The highest BCUT2D eigenvalue weighted by Crippen LogP contribution is 2.19. The molecule has 1 fully saturated rings. The van der Waals surface area contributed by atoms with Crippen LogP contribution in [0.4, 0.5) is 11.6 Å². The minimum Gasteiger partial charge on any atom is -0.399 e. The Morgan fingerprint density at radius 3 is 3.10 bits per heavy atom. The fourth-order valence-corrected chi connectivity index (χ4v) is 2.09. The maximum atomic E-state index is 11.5. The molecule has 1 aromatic heterocycles. The van der Waals surface area contributed by atoms with Crippen LogP contribution in [0.25, 0.3) is 11.0 Å². The molecule has 1 saturated carbocycles. The molecular weight excluding hydrogens is 254 g/mol. The zero-order valence-electron chi connectivity index (χ0n) is 11.3. The van der Waals surface area contributed by atoms with E-state index < -0.39 is 0 Å². The SMILES string of the molecule is Nc1ccc2nc(NCCCC(=O)NC3CC3)[nH]c2c1. The molecule has 20 heavy (non-hydrogen) atoms. The van der Waals surface area contributed by atoms with Gasteiger partial charge in [0.25, 0.3) is 0 Å². The van der Waals surface area contributed by atoms with Crippen LogP contribution in [-0.2, 0) is 4.79 Å². The number of carbonyl (C=O) groups excluding carboxylic acids is 1. The van der Waals surface area contributed by atoms with E-state index in [4.69, 9.17) is 5.73 Å². The molecule has 1 heterocycles. The summed E-state index contributed by atoms with van der Waals surface area (Å²) in [6.45, 7) is 0.716. The zero-order valence-corrected chi connectivity index (χ0v) is 11.3. The average Bonchev–Trinajstić information content (AvgIpc) is 3.12. The normalized spacial score (nSPS) is 14.4. The number of nitrogens with one attached hydrogen (secondary N) is 3. The Labute approximate surface area is 117 Å². The summed E-state index contributed by atoms with van der Waals surface area (Å²) in [5, 5.41) is 6.17. The predicted octanol–water partition coefficient (Wildman–Crippen LogP) is 1.62. The summed E-state index contributed by atoms with van der Waals surface area (Å²) in [5.74, 6) is 0.861. The predicted molar refractivity (Wildman–Crippen MR) is 79.4 cm³/mol. The second-order valence-corrected chi connectivity index (χ2v) is 5.23. The Morgan fingerprint density at radius 2 is 2.30 bits per heavy atom. The van der Waals surface area contributed by atoms with Crippen molar-refractivity contribution in [2.75, 3.05) is 17.6 Å². The first-order chi connectivity index (χ1) is 9.70. The number of nitrogens with two attached hydrogens (primary N) is 1. The largest absolute Gasteiger partial charge is 0.399 e. The molecule has 106 valence electrons. The van der Waals surface area contributed by atoms with Gasteiger partial charge in [-0.25, -0.2) is 4.98 Å². The number of amides is 1. The van der Waals surface area contributed by atoms with Gasteiger partial charge in [0, 0.05) is 24.7 Å². The van der Waals surface area contributed by atoms with E-state index in [9.17, 15) is 4.79 Å². The third-order valence-corrected chi connectivity index (χ3v) is 3.32. The van der Waals surface area contributed by atoms with Crippen molar-refractivity contribution in [2.24, 2.45) is 0 Å². The smallest absolute Gasteiger partial charge is 0.220 e. The van der Waals surface area contributed by atoms with Crippen LogP contribution in [-0.4, -0.2) is 28.5 Å². The van der Waals surface area contributed by atoms with Crippen molar-refractivity contribution in [1.29, 1.82) is 0 Å². The molecule has 0 unspecified atom stereocenters. The fraction of sp³-hybridized carbons (Fsp3) is 0.429. The number of fused-ring (bicyclic) bond motifs is 1. The lowest BCUT2D eigenvalue weighted by Crippen LogP contribution is -2.25. The first kappa shape index (κ1) is 12.8. The average molecular weight is 273 g/mol. The van der Waals surface area contributed by atoms with Gasteiger partial charge < -0.3 is 21.4 Å². The summed E-state index contributed by atoms with van der Waals surface area (Å²) >= 11 is 0. The Balaban J connectivity index is 1.45. The number of aromatic nitrogens is 2. The topological polar surface area (TPSA) is 95.8 Å². The standard InChI is InChI=1S/C14H19N5O/c15-9-3-6-11-12(8-9)19-14(18-11)16-7-1-2-13(20)17-10-4-5-10/h3,6,8,10H,1-2,4-5,7,15H2,(H,17,20)(H2,16,18,19). The molecule has 0 spiro atoms. The van der Waals surface area contributed by atoms with E-state index in [1.165, 1.54) is 0 Å². The second-order valence-electron chi connectivity index (χ2n) is 5.23. The van der Waals surface area contributed by atoms with E-state index >= 15 is 0 Å². The van der Waals surface area contributed by atoms with Crippen LogP contribution >= 0.6 is 0 Å². The lowest BCUT2D eigenvalue weighted by atomic mass is 10.3. The zero-order chi connectivity index (χ0) is 13.9. The summed E-state index contributed by atoms with van der Waals surface area (Å²) in [6.07, 6.45) is 3.60. The molecule has 1 aromatic carbocycles. The van der Waals surface area contributed by atoms with Gasteiger partial charge in [-0.1, -0.05) is 0 Å². The van der Waals surface area contributed by atoms with Crippen molar-refractivity contribution in [3.63, 3.8) is 0 Å². The van der Waals surface area contributed by atoms with Crippen molar-refractivity contribution in [2.45, 2.75) is 31.7 Å². The van der Waals surface area contributed by atoms with E-state index in [1.807, 2.05) is 18.2 Å². The minimum atomic E-state index is 0.145. The highest BCUT2D eigenvalue weighted by molar-refractivity contribution is 5.80. The van der Waals surface area contributed by atoms with Crippen molar-refractivity contribution >= 4 is 28.6 Å². The molecule has 1 aliphatic carbocycles.